The van der Waals surface area contributed by atoms with Crippen LogP contribution in [0.5, 0.6) is 0 Å². The second kappa shape index (κ2) is 6.89. The average Bonchev–Trinajstić information content (AvgIpc) is 3.27. The zero-order valence-corrected chi connectivity index (χ0v) is 15.9. The minimum absolute atomic E-state index is 0.192. The van der Waals surface area contributed by atoms with E-state index in [-0.39, 0.29) is 6.54 Å². The molecule has 0 aliphatic heterocycles. The van der Waals surface area contributed by atoms with E-state index >= 15 is 0 Å². The largest absolute Gasteiger partial charge is 0.319 e. The van der Waals surface area contributed by atoms with Crippen molar-refractivity contribution in [1.82, 2.24) is 24.1 Å². The van der Waals surface area contributed by atoms with Gasteiger partial charge in [0.15, 0.2) is 11.5 Å². The summed E-state index contributed by atoms with van der Waals surface area (Å²) in [6, 6.07) is 16.1. The standard InChI is InChI=1S/C20H18N6S/c1-13-10-14(2)26-17(11-13)23-19(24-26)18(27)20-22-16(12-25(20)9-8-21)15-6-4-3-5-7-15/h3-7,10-12,18,27H,9H2,1-2H3. The number of aryl methyl sites for hydroxylation is 2. The lowest BCUT2D eigenvalue weighted by atomic mass is 10.2. The Balaban J connectivity index is 1.79. The van der Waals surface area contributed by atoms with Gasteiger partial charge in [-0.25, -0.2) is 14.5 Å². The molecule has 0 bridgehead atoms. The maximum atomic E-state index is 9.20. The monoisotopic (exact) mass is 374 g/mol. The maximum Gasteiger partial charge on any atom is 0.172 e. The molecule has 134 valence electrons. The van der Waals surface area contributed by atoms with Crippen LogP contribution in [0.3, 0.4) is 0 Å². The number of pyridine rings is 1. The van der Waals surface area contributed by atoms with Gasteiger partial charge in [-0.1, -0.05) is 30.3 Å². The predicted octanol–water partition coefficient (Wildman–Crippen LogP) is 3.75. The number of thiol groups is 1. The first kappa shape index (κ1) is 17.3. The van der Waals surface area contributed by atoms with Crippen molar-refractivity contribution in [3.63, 3.8) is 0 Å². The maximum absolute atomic E-state index is 9.20. The molecule has 0 aliphatic rings. The molecule has 7 heteroatoms. The van der Waals surface area contributed by atoms with E-state index in [9.17, 15) is 5.26 Å². The van der Waals surface area contributed by atoms with Gasteiger partial charge in [-0.3, -0.25) is 0 Å². The van der Waals surface area contributed by atoms with Crippen LogP contribution in [-0.2, 0) is 6.54 Å². The summed E-state index contributed by atoms with van der Waals surface area (Å²) in [5, 5.41) is 13.4. The molecule has 0 saturated heterocycles. The number of fused-ring (bicyclic) bond motifs is 1. The third kappa shape index (κ3) is 3.20. The van der Waals surface area contributed by atoms with Crippen LogP contribution in [-0.4, -0.2) is 24.1 Å². The Bertz CT molecular complexity index is 1150. The summed E-state index contributed by atoms with van der Waals surface area (Å²) >= 11 is 4.74. The molecule has 3 heterocycles. The van der Waals surface area contributed by atoms with Crippen molar-refractivity contribution in [3.8, 4) is 17.3 Å². The highest BCUT2D eigenvalue weighted by molar-refractivity contribution is 7.80. The van der Waals surface area contributed by atoms with Crippen LogP contribution in [0.1, 0.15) is 28.2 Å². The minimum Gasteiger partial charge on any atom is -0.319 e. The van der Waals surface area contributed by atoms with Crippen LogP contribution in [0.15, 0.2) is 48.7 Å². The number of aromatic nitrogens is 5. The summed E-state index contributed by atoms with van der Waals surface area (Å²) in [5.74, 6) is 1.22. The lowest BCUT2D eigenvalue weighted by Gasteiger charge is -2.07. The molecule has 4 aromatic rings. The van der Waals surface area contributed by atoms with Crippen molar-refractivity contribution in [2.24, 2.45) is 0 Å². The summed E-state index contributed by atoms with van der Waals surface area (Å²) < 4.78 is 3.62. The summed E-state index contributed by atoms with van der Waals surface area (Å²) in [6.45, 7) is 4.22. The molecule has 1 unspecified atom stereocenters. The molecule has 0 amide bonds. The van der Waals surface area contributed by atoms with Crippen molar-refractivity contribution in [2.45, 2.75) is 25.6 Å². The third-order valence-electron chi connectivity index (χ3n) is 4.38. The molecule has 0 saturated carbocycles. The number of nitrogens with zero attached hydrogens (tertiary/aromatic N) is 6. The number of hydrogen-bond donors (Lipinski definition) is 1. The highest BCUT2D eigenvalue weighted by Crippen LogP contribution is 2.29. The number of imidazole rings is 1. The molecular formula is C20H18N6S. The fourth-order valence-corrected chi connectivity index (χ4v) is 3.48. The number of rotatable bonds is 4. The Morgan fingerprint density at radius 3 is 2.67 bits per heavy atom. The van der Waals surface area contributed by atoms with E-state index in [0.29, 0.717) is 11.6 Å². The van der Waals surface area contributed by atoms with E-state index in [0.717, 1.165) is 28.2 Å². The van der Waals surface area contributed by atoms with E-state index in [1.165, 1.54) is 0 Å². The lowest BCUT2D eigenvalue weighted by molar-refractivity contribution is 0.740. The van der Waals surface area contributed by atoms with Gasteiger partial charge in [-0.15, -0.1) is 5.10 Å². The number of benzene rings is 1. The van der Waals surface area contributed by atoms with Crippen molar-refractivity contribution in [1.29, 1.82) is 5.26 Å². The van der Waals surface area contributed by atoms with Crippen LogP contribution in [0, 0.1) is 25.2 Å². The van der Waals surface area contributed by atoms with E-state index in [2.05, 4.69) is 22.2 Å². The molecule has 0 aliphatic carbocycles. The topological polar surface area (TPSA) is 71.8 Å². The van der Waals surface area contributed by atoms with Gasteiger partial charge in [0.25, 0.3) is 0 Å². The smallest absolute Gasteiger partial charge is 0.172 e. The van der Waals surface area contributed by atoms with Crippen LogP contribution < -0.4 is 0 Å². The summed E-state index contributed by atoms with van der Waals surface area (Å²) in [5.41, 5.74) is 4.71. The Kier molecular flexibility index (Phi) is 4.42. The molecule has 6 nitrogen and oxygen atoms in total. The first-order valence-corrected chi connectivity index (χ1v) is 9.10. The van der Waals surface area contributed by atoms with Gasteiger partial charge >= 0.3 is 0 Å². The molecule has 1 atom stereocenters. The van der Waals surface area contributed by atoms with Crippen LogP contribution in [0.2, 0.25) is 0 Å². The fourth-order valence-electron chi connectivity index (χ4n) is 3.16. The van der Waals surface area contributed by atoms with Crippen molar-refractivity contribution in [2.75, 3.05) is 0 Å². The highest BCUT2D eigenvalue weighted by Gasteiger charge is 2.22. The molecular weight excluding hydrogens is 356 g/mol. The zero-order valence-electron chi connectivity index (χ0n) is 15.0. The first-order valence-electron chi connectivity index (χ1n) is 8.58. The molecule has 3 aromatic heterocycles. The minimum atomic E-state index is -0.435. The Hall–Kier alpha value is -3.11. The average molecular weight is 374 g/mol. The molecule has 1 aromatic carbocycles. The summed E-state index contributed by atoms with van der Waals surface area (Å²) in [4.78, 5) is 9.36. The Morgan fingerprint density at radius 1 is 1.15 bits per heavy atom. The predicted molar refractivity (Wildman–Crippen MR) is 107 cm³/mol. The van der Waals surface area contributed by atoms with Gasteiger partial charge < -0.3 is 4.57 Å². The van der Waals surface area contributed by atoms with Gasteiger partial charge in [0.1, 0.15) is 17.6 Å². The lowest BCUT2D eigenvalue weighted by Crippen LogP contribution is -2.07. The SMILES string of the molecule is Cc1cc(C)n2nc(C(S)c3nc(-c4ccccc4)cn3CC#N)nc2c1. The zero-order chi connectivity index (χ0) is 19.0. The van der Waals surface area contributed by atoms with Gasteiger partial charge in [0.05, 0.1) is 11.8 Å². The van der Waals surface area contributed by atoms with Gasteiger partial charge in [0, 0.05) is 17.5 Å². The fraction of sp³-hybridized carbons (Fsp3) is 0.200. The molecule has 0 spiro atoms. The normalized spacial score (nSPS) is 12.2. The molecule has 27 heavy (non-hydrogen) atoms. The van der Waals surface area contributed by atoms with Crippen LogP contribution in [0.25, 0.3) is 16.9 Å². The molecule has 0 fully saturated rings. The number of hydrogen-bond acceptors (Lipinski definition) is 5. The second-order valence-electron chi connectivity index (χ2n) is 6.45. The van der Waals surface area contributed by atoms with E-state index in [4.69, 9.17) is 17.6 Å². The van der Waals surface area contributed by atoms with E-state index < -0.39 is 5.25 Å². The Labute approximate surface area is 162 Å². The second-order valence-corrected chi connectivity index (χ2v) is 6.97. The van der Waals surface area contributed by atoms with Crippen molar-refractivity contribution in [3.05, 3.63) is 71.6 Å². The molecule has 4 rings (SSSR count). The third-order valence-corrected chi connectivity index (χ3v) is 4.84. The van der Waals surface area contributed by atoms with Crippen LogP contribution in [0.4, 0.5) is 0 Å². The first-order chi connectivity index (χ1) is 13.1. The summed E-state index contributed by atoms with van der Waals surface area (Å²) in [7, 11) is 0. The van der Waals surface area contributed by atoms with E-state index in [1.54, 1.807) is 4.52 Å². The van der Waals surface area contributed by atoms with E-state index in [1.807, 2.05) is 61.0 Å². The highest BCUT2D eigenvalue weighted by atomic mass is 32.1. The molecule has 0 radical (unpaired) electrons. The van der Waals surface area contributed by atoms with Crippen LogP contribution >= 0.6 is 12.6 Å². The molecule has 0 N–H and O–H groups in total. The van der Waals surface area contributed by atoms with Gasteiger partial charge in [0.2, 0.25) is 0 Å². The number of nitriles is 1. The van der Waals surface area contributed by atoms with Crippen molar-refractivity contribution < 1.29 is 0 Å². The summed E-state index contributed by atoms with van der Waals surface area (Å²) in [6.07, 6.45) is 1.88. The van der Waals surface area contributed by atoms with Crippen molar-refractivity contribution >= 4 is 18.3 Å². The quantitative estimate of drug-likeness (QED) is 0.552. The van der Waals surface area contributed by atoms with Gasteiger partial charge in [-0.2, -0.15) is 17.9 Å². The van der Waals surface area contributed by atoms with Gasteiger partial charge in [-0.05, 0) is 31.5 Å². The Morgan fingerprint density at radius 2 is 1.93 bits per heavy atom.